The SMILES string of the molecule is CC(C)CCOC(C)C(=O)OCC(=O)NC(=O)c1cccs1. The van der Waals surface area contributed by atoms with E-state index >= 15 is 0 Å². The van der Waals surface area contributed by atoms with Crippen molar-refractivity contribution >= 4 is 29.1 Å². The largest absolute Gasteiger partial charge is 0.454 e. The van der Waals surface area contributed by atoms with E-state index in [9.17, 15) is 14.4 Å². The van der Waals surface area contributed by atoms with Crippen molar-refractivity contribution in [2.75, 3.05) is 13.2 Å². The van der Waals surface area contributed by atoms with Crippen LogP contribution in [0.3, 0.4) is 0 Å². The van der Waals surface area contributed by atoms with Crippen molar-refractivity contribution < 1.29 is 23.9 Å². The van der Waals surface area contributed by atoms with Gasteiger partial charge in [-0.1, -0.05) is 19.9 Å². The van der Waals surface area contributed by atoms with Gasteiger partial charge in [0.05, 0.1) is 4.88 Å². The van der Waals surface area contributed by atoms with E-state index in [1.807, 2.05) is 0 Å². The average Bonchev–Trinajstić information content (AvgIpc) is 2.98. The summed E-state index contributed by atoms with van der Waals surface area (Å²) in [6, 6.07) is 3.31. The number of nitrogens with one attached hydrogen (secondary N) is 1. The van der Waals surface area contributed by atoms with Gasteiger partial charge in [0.15, 0.2) is 12.7 Å². The number of hydrogen-bond donors (Lipinski definition) is 1. The molecule has 0 fully saturated rings. The maximum absolute atomic E-state index is 11.6. The lowest BCUT2D eigenvalue weighted by Crippen LogP contribution is -2.35. The Balaban J connectivity index is 2.25. The fraction of sp³-hybridized carbons (Fsp3) is 0.533. The van der Waals surface area contributed by atoms with Gasteiger partial charge in [0.2, 0.25) is 0 Å². The minimum atomic E-state index is -0.737. The molecule has 0 aliphatic heterocycles. The first-order valence-corrected chi connectivity index (χ1v) is 7.94. The maximum Gasteiger partial charge on any atom is 0.335 e. The lowest BCUT2D eigenvalue weighted by molar-refractivity contribution is -0.159. The van der Waals surface area contributed by atoms with Gasteiger partial charge >= 0.3 is 5.97 Å². The van der Waals surface area contributed by atoms with Gasteiger partial charge in [-0.15, -0.1) is 11.3 Å². The highest BCUT2D eigenvalue weighted by Gasteiger charge is 2.18. The molecule has 6 nitrogen and oxygen atoms in total. The van der Waals surface area contributed by atoms with Crippen molar-refractivity contribution in [3.63, 3.8) is 0 Å². The summed E-state index contributed by atoms with van der Waals surface area (Å²) in [5.74, 6) is -1.31. The van der Waals surface area contributed by atoms with Crippen molar-refractivity contribution in [3.8, 4) is 0 Å². The minimum absolute atomic E-state index is 0.421. The van der Waals surface area contributed by atoms with E-state index in [1.165, 1.54) is 11.3 Å². The van der Waals surface area contributed by atoms with E-state index in [2.05, 4.69) is 19.2 Å². The molecule has 1 aromatic rings. The Bertz CT molecular complexity index is 498. The molecule has 0 radical (unpaired) electrons. The van der Waals surface area contributed by atoms with Gasteiger partial charge in [-0.3, -0.25) is 14.9 Å². The summed E-state index contributed by atoms with van der Waals surface area (Å²) in [7, 11) is 0. The second-order valence-corrected chi connectivity index (χ2v) is 6.11. The number of thiophene rings is 1. The Morgan fingerprint density at radius 1 is 1.27 bits per heavy atom. The summed E-state index contributed by atoms with van der Waals surface area (Å²) in [5, 5.41) is 3.88. The summed E-state index contributed by atoms with van der Waals surface area (Å²) in [5.41, 5.74) is 0. The molecule has 1 rings (SSSR count). The van der Waals surface area contributed by atoms with Gasteiger partial charge in [0, 0.05) is 6.61 Å². The number of imide groups is 1. The van der Waals surface area contributed by atoms with Crippen molar-refractivity contribution in [1.29, 1.82) is 0 Å². The Kier molecular flexibility index (Phi) is 7.76. The predicted molar refractivity (Wildman–Crippen MR) is 82.6 cm³/mol. The van der Waals surface area contributed by atoms with Gasteiger partial charge in [0.1, 0.15) is 0 Å². The van der Waals surface area contributed by atoms with E-state index in [0.717, 1.165) is 6.42 Å². The lowest BCUT2D eigenvalue weighted by atomic mass is 10.1. The van der Waals surface area contributed by atoms with Gasteiger partial charge in [0.25, 0.3) is 11.8 Å². The van der Waals surface area contributed by atoms with Gasteiger partial charge in [-0.25, -0.2) is 4.79 Å². The molecule has 1 unspecified atom stereocenters. The van der Waals surface area contributed by atoms with E-state index in [-0.39, 0.29) is 0 Å². The molecule has 1 atom stereocenters. The normalized spacial score (nSPS) is 12.0. The van der Waals surface area contributed by atoms with Crippen LogP contribution < -0.4 is 5.32 Å². The lowest BCUT2D eigenvalue weighted by Gasteiger charge is -2.13. The van der Waals surface area contributed by atoms with Crippen LogP contribution in [0.4, 0.5) is 0 Å². The number of carbonyl (C=O) groups excluding carboxylic acids is 3. The molecular formula is C15H21NO5S. The molecule has 0 saturated heterocycles. The third-order valence-corrected chi connectivity index (χ3v) is 3.61. The first-order valence-electron chi connectivity index (χ1n) is 7.06. The Morgan fingerprint density at radius 2 is 2.00 bits per heavy atom. The second-order valence-electron chi connectivity index (χ2n) is 5.16. The highest BCUT2D eigenvalue weighted by atomic mass is 32.1. The number of hydrogen-bond acceptors (Lipinski definition) is 6. The molecule has 1 N–H and O–H groups in total. The molecule has 0 saturated carbocycles. The summed E-state index contributed by atoms with van der Waals surface area (Å²) < 4.78 is 10.1. The summed E-state index contributed by atoms with van der Waals surface area (Å²) in [6.45, 7) is 5.63. The Labute approximate surface area is 133 Å². The number of ether oxygens (including phenoxy) is 2. The van der Waals surface area contributed by atoms with E-state index < -0.39 is 30.5 Å². The van der Waals surface area contributed by atoms with Crippen molar-refractivity contribution in [2.24, 2.45) is 5.92 Å². The van der Waals surface area contributed by atoms with Crippen LogP contribution in [0.5, 0.6) is 0 Å². The van der Waals surface area contributed by atoms with Gasteiger partial charge in [-0.05, 0) is 30.7 Å². The summed E-state index contributed by atoms with van der Waals surface area (Å²) in [6.07, 6.45) is 0.104. The predicted octanol–water partition coefficient (Wildman–Crippen LogP) is 2.00. The maximum atomic E-state index is 11.6. The summed E-state index contributed by atoms with van der Waals surface area (Å²) >= 11 is 1.22. The Hall–Kier alpha value is -1.73. The van der Waals surface area contributed by atoms with E-state index in [1.54, 1.807) is 24.4 Å². The van der Waals surface area contributed by atoms with Crippen LogP contribution in [0, 0.1) is 5.92 Å². The van der Waals surface area contributed by atoms with E-state index in [4.69, 9.17) is 9.47 Å². The number of amides is 2. The fourth-order valence-corrected chi connectivity index (χ4v) is 2.05. The minimum Gasteiger partial charge on any atom is -0.454 e. The van der Waals surface area contributed by atoms with Crippen LogP contribution in [0.1, 0.15) is 36.9 Å². The van der Waals surface area contributed by atoms with Crippen molar-refractivity contribution in [1.82, 2.24) is 5.32 Å². The quantitative estimate of drug-likeness (QED) is 0.739. The molecule has 1 aromatic heterocycles. The van der Waals surface area contributed by atoms with Gasteiger partial charge in [-0.2, -0.15) is 0 Å². The molecule has 1 heterocycles. The molecular weight excluding hydrogens is 306 g/mol. The molecule has 0 aromatic carbocycles. The number of rotatable bonds is 8. The zero-order valence-corrected chi connectivity index (χ0v) is 13.8. The standard InChI is InChI=1S/C15H21NO5S/c1-10(2)6-7-20-11(3)15(19)21-9-13(17)16-14(18)12-5-4-8-22-12/h4-5,8,10-11H,6-7,9H2,1-3H3,(H,16,17,18). The second kappa shape index (κ2) is 9.32. The van der Waals surface area contributed by atoms with Crippen molar-refractivity contribution in [3.05, 3.63) is 22.4 Å². The van der Waals surface area contributed by atoms with Crippen LogP contribution in [0.15, 0.2) is 17.5 Å². The smallest absolute Gasteiger partial charge is 0.335 e. The molecule has 7 heteroatoms. The highest BCUT2D eigenvalue weighted by Crippen LogP contribution is 2.07. The topological polar surface area (TPSA) is 81.7 Å². The fourth-order valence-electron chi connectivity index (χ4n) is 1.43. The first kappa shape index (κ1) is 18.3. The van der Waals surface area contributed by atoms with Crippen LogP contribution in [0.2, 0.25) is 0 Å². The monoisotopic (exact) mass is 327 g/mol. The third kappa shape index (κ3) is 6.82. The van der Waals surface area contributed by atoms with Crippen LogP contribution in [0.25, 0.3) is 0 Å². The molecule has 0 bridgehead atoms. The number of esters is 1. The van der Waals surface area contributed by atoms with Crippen LogP contribution in [-0.4, -0.2) is 37.1 Å². The molecule has 122 valence electrons. The number of carbonyl (C=O) groups is 3. The molecule has 22 heavy (non-hydrogen) atoms. The molecule has 2 amide bonds. The first-order chi connectivity index (χ1) is 10.4. The van der Waals surface area contributed by atoms with Crippen LogP contribution >= 0.6 is 11.3 Å². The third-order valence-electron chi connectivity index (χ3n) is 2.74. The summed E-state index contributed by atoms with van der Waals surface area (Å²) in [4.78, 5) is 35.2. The highest BCUT2D eigenvalue weighted by molar-refractivity contribution is 7.12. The van der Waals surface area contributed by atoms with Crippen molar-refractivity contribution in [2.45, 2.75) is 33.3 Å². The molecule has 0 aliphatic carbocycles. The average molecular weight is 327 g/mol. The van der Waals surface area contributed by atoms with E-state index in [0.29, 0.717) is 17.4 Å². The van der Waals surface area contributed by atoms with Gasteiger partial charge < -0.3 is 9.47 Å². The molecule has 0 spiro atoms. The van der Waals surface area contributed by atoms with Crippen LogP contribution in [-0.2, 0) is 19.1 Å². The Morgan fingerprint density at radius 3 is 2.59 bits per heavy atom. The molecule has 0 aliphatic rings. The zero-order valence-electron chi connectivity index (χ0n) is 13.0. The zero-order chi connectivity index (χ0) is 16.5.